The quantitative estimate of drug-likeness (QED) is 0.535. The van der Waals surface area contributed by atoms with E-state index >= 15 is 0 Å². The Labute approximate surface area is 203 Å². The molecule has 0 spiro atoms. The first-order chi connectivity index (χ1) is 16.8. The summed E-state index contributed by atoms with van der Waals surface area (Å²) >= 11 is 0. The lowest BCUT2D eigenvalue weighted by Gasteiger charge is -2.34. The van der Waals surface area contributed by atoms with Crippen molar-refractivity contribution in [2.75, 3.05) is 25.0 Å². The average molecular weight is 480 g/mol. The largest absolute Gasteiger partial charge is 0.346 e. The van der Waals surface area contributed by atoms with E-state index in [1.54, 1.807) is 12.1 Å². The number of aryl methyl sites for hydroxylation is 2. The molecular formula is C26H30FN5O3. The molecule has 2 amide bonds. The Morgan fingerprint density at radius 1 is 1.20 bits per heavy atom. The van der Waals surface area contributed by atoms with Gasteiger partial charge in [0.2, 0.25) is 23.5 Å². The molecule has 2 N–H and O–H groups in total. The second-order valence-electron chi connectivity index (χ2n) is 9.01. The Morgan fingerprint density at radius 2 is 1.94 bits per heavy atom. The molecule has 2 heterocycles. The fourth-order valence-electron chi connectivity index (χ4n) is 4.38. The molecule has 8 nitrogen and oxygen atoms in total. The highest BCUT2D eigenvalue weighted by atomic mass is 19.1. The van der Waals surface area contributed by atoms with Crippen molar-refractivity contribution in [2.45, 2.75) is 45.6 Å². The van der Waals surface area contributed by atoms with Crippen molar-refractivity contribution in [3.63, 3.8) is 0 Å². The number of carbonyl (C=O) groups excluding carboxylic acids is 2. The molecule has 0 aliphatic carbocycles. The maximum absolute atomic E-state index is 13.5. The first-order valence-corrected chi connectivity index (χ1v) is 11.8. The highest BCUT2D eigenvalue weighted by Gasteiger charge is 2.31. The molecule has 1 aromatic heterocycles. The molecule has 0 bridgehead atoms. The van der Waals surface area contributed by atoms with Crippen LogP contribution in [0.15, 0.2) is 47.0 Å². The monoisotopic (exact) mass is 479 g/mol. The lowest BCUT2D eigenvalue weighted by atomic mass is 9.96. The van der Waals surface area contributed by atoms with Crippen LogP contribution in [0.3, 0.4) is 0 Å². The molecule has 1 saturated heterocycles. The number of hydrogen-bond acceptors (Lipinski definition) is 6. The van der Waals surface area contributed by atoms with E-state index in [0.717, 1.165) is 36.2 Å². The van der Waals surface area contributed by atoms with Crippen LogP contribution in [0.1, 0.15) is 42.7 Å². The number of piperidine rings is 1. The molecular weight excluding hydrogens is 449 g/mol. The normalized spacial score (nSPS) is 17.1. The van der Waals surface area contributed by atoms with Gasteiger partial charge in [-0.05, 0) is 63.4 Å². The molecule has 1 aliphatic heterocycles. The van der Waals surface area contributed by atoms with Gasteiger partial charge in [-0.1, -0.05) is 35.5 Å². The zero-order chi connectivity index (χ0) is 24.9. The van der Waals surface area contributed by atoms with E-state index in [-0.39, 0.29) is 30.1 Å². The van der Waals surface area contributed by atoms with Crippen molar-refractivity contribution < 1.29 is 18.5 Å². The van der Waals surface area contributed by atoms with Gasteiger partial charge in [0.1, 0.15) is 5.82 Å². The number of aromatic nitrogens is 2. The Morgan fingerprint density at radius 3 is 2.69 bits per heavy atom. The fraction of sp³-hybridized carbons (Fsp3) is 0.385. The van der Waals surface area contributed by atoms with E-state index in [1.807, 2.05) is 39.0 Å². The molecule has 9 heteroatoms. The van der Waals surface area contributed by atoms with E-state index in [2.05, 4.69) is 25.7 Å². The van der Waals surface area contributed by atoms with E-state index < -0.39 is 6.04 Å². The standard InChI is InChI=1S/C26H30FN5O3/c1-16-7-4-8-17(2)23(16)29-22(33)14-28-25(34)18(3)32-12-6-10-20(15-32)26-30-24(31-35-26)19-9-5-11-21(27)13-19/h4-5,7-9,11,13,18,20H,6,10,12,14-15H2,1-3H3,(H,28,34)(H,29,33). The highest BCUT2D eigenvalue weighted by molar-refractivity contribution is 5.96. The van der Waals surface area contributed by atoms with E-state index in [9.17, 15) is 14.0 Å². The Hall–Kier alpha value is -3.59. The summed E-state index contributed by atoms with van der Waals surface area (Å²) in [5, 5.41) is 9.63. The van der Waals surface area contributed by atoms with Gasteiger partial charge in [-0.2, -0.15) is 4.98 Å². The van der Waals surface area contributed by atoms with Crippen LogP contribution in [0.25, 0.3) is 11.4 Å². The number of nitrogens with one attached hydrogen (secondary N) is 2. The summed E-state index contributed by atoms with van der Waals surface area (Å²) in [4.78, 5) is 31.7. The lowest BCUT2D eigenvalue weighted by Crippen LogP contribution is -2.49. The zero-order valence-electron chi connectivity index (χ0n) is 20.2. The number of para-hydroxylation sites is 1. The Kier molecular flexibility index (Phi) is 7.55. The van der Waals surface area contributed by atoms with Gasteiger partial charge >= 0.3 is 0 Å². The molecule has 1 aliphatic rings. The predicted octanol–water partition coefficient (Wildman–Crippen LogP) is 3.82. The van der Waals surface area contributed by atoms with Gasteiger partial charge in [0.25, 0.3) is 0 Å². The number of rotatable bonds is 7. The number of anilines is 1. The van der Waals surface area contributed by atoms with Gasteiger partial charge in [-0.3, -0.25) is 14.5 Å². The minimum atomic E-state index is -0.420. The van der Waals surface area contributed by atoms with Crippen LogP contribution in [0, 0.1) is 19.7 Å². The van der Waals surface area contributed by atoms with Crippen LogP contribution in [0.4, 0.5) is 10.1 Å². The summed E-state index contributed by atoms with van der Waals surface area (Å²) in [6.07, 6.45) is 1.72. The van der Waals surface area contributed by atoms with E-state index in [4.69, 9.17) is 4.52 Å². The molecule has 3 aromatic rings. The minimum Gasteiger partial charge on any atom is -0.346 e. The maximum atomic E-state index is 13.5. The molecule has 2 unspecified atom stereocenters. The first kappa shape index (κ1) is 24.5. The number of amides is 2. The third kappa shape index (κ3) is 5.92. The van der Waals surface area contributed by atoms with Crippen molar-refractivity contribution in [3.05, 3.63) is 65.3 Å². The number of hydrogen-bond donors (Lipinski definition) is 2. The highest BCUT2D eigenvalue weighted by Crippen LogP contribution is 2.28. The summed E-state index contributed by atoms with van der Waals surface area (Å²) in [6.45, 7) is 6.92. The summed E-state index contributed by atoms with van der Waals surface area (Å²) < 4.78 is 19.0. The van der Waals surface area contributed by atoms with Crippen molar-refractivity contribution in [3.8, 4) is 11.4 Å². The Balaban J connectivity index is 1.32. The first-order valence-electron chi connectivity index (χ1n) is 11.8. The number of halogens is 1. The van der Waals surface area contributed by atoms with Crippen molar-refractivity contribution >= 4 is 17.5 Å². The van der Waals surface area contributed by atoms with Gasteiger partial charge in [0, 0.05) is 17.8 Å². The number of nitrogens with zero attached hydrogens (tertiary/aromatic N) is 3. The molecule has 184 valence electrons. The average Bonchev–Trinajstić information content (AvgIpc) is 3.35. The van der Waals surface area contributed by atoms with Crippen LogP contribution in [0.5, 0.6) is 0 Å². The van der Waals surface area contributed by atoms with Crippen LogP contribution < -0.4 is 10.6 Å². The van der Waals surface area contributed by atoms with Crippen molar-refractivity contribution in [1.82, 2.24) is 20.4 Å². The van der Waals surface area contributed by atoms with Crippen molar-refractivity contribution in [2.24, 2.45) is 0 Å². The number of benzene rings is 2. The zero-order valence-corrected chi connectivity index (χ0v) is 20.2. The van der Waals surface area contributed by atoms with Gasteiger partial charge in [-0.15, -0.1) is 0 Å². The van der Waals surface area contributed by atoms with Crippen LogP contribution in [-0.4, -0.2) is 52.5 Å². The summed E-state index contributed by atoms with van der Waals surface area (Å²) in [5.41, 5.74) is 3.27. The fourth-order valence-corrected chi connectivity index (χ4v) is 4.38. The third-order valence-electron chi connectivity index (χ3n) is 6.42. The minimum absolute atomic E-state index is 0.0267. The van der Waals surface area contributed by atoms with E-state index in [0.29, 0.717) is 23.8 Å². The SMILES string of the molecule is Cc1cccc(C)c1NC(=O)CNC(=O)C(C)N1CCCC(c2nc(-c3cccc(F)c3)no2)C1. The van der Waals surface area contributed by atoms with Gasteiger partial charge in [-0.25, -0.2) is 4.39 Å². The van der Waals surface area contributed by atoms with Gasteiger partial charge < -0.3 is 15.2 Å². The molecule has 2 atom stereocenters. The van der Waals surface area contributed by atoms with Crippen LogP contribution in [-0.2, 0) is 9.59 Å². The lowest BCUT2D eigenvalue weighted by molar-refractivity contribution is -0.128. The topological polar surface area (TPSA) is 100 Å². The second-order valence-corrected chi connectivity index (χ2v) is 9.01. The molecule has 35 heavy (non-hydrogen) atoms. The smallest absolute Gasteiger partial charge is 0.243 e. The van der Waals surface area contributed by atoms with Crippen LogP contribution >= 0.6 is 0 Å². The summed E-state index contributed by atoms with van der Waals surface area (Å²) in [5.74, 6) is -0.0447. The van der Waals surface area contributed by atoms with Gasteiger partial charge in [0.15, 0.2) is 0 Å². The Bertz CT molecular complexity index is 1190. The summed E-state index contributed by atoms with van der Waals surface area (Å²) in [7, 11) is 0. The maximum Gasteiger partial charge on any atom is 0.243 e. The van der Waals surface area contributed by atoms with Gasteiger partial charge in [0.05, 0.1) is 18.5 Å². The predicted molar refractivity (Wildman–Crippen MR) is 130 cm³/mol. The van der Waals surface area contributed by atoms with Crippen molar-refractivity contribution in [1.29, 1.82) is 0 Å². The number of likely N-dealkylation sites (tertiary alicyclic amines) is 1. The third-order valence-corrected chi connectivity index (χ3v) is 6.42. The second kappa shape index (κ2) is 10.8. The van der Waals surface area contributed by atoms with Crippen LogP contribution in [0.2, 0.25) is 0 Å². The molecule has 2 aromatic carbocycles. The molecule has 0 saturated carbocycles. The molecule has 1 fully saturated rings. The van der Waals surface area contributed by atoms with E-state index in [1.165, 1.54) is 12.1 Å². The summed E-state index contributed by atoms with van der Waals surface area (Å²) in [6, 6.07) is 11.4. The molecule has 4 rings (SSSR count). The molecule has 0 radical (unpaired) electrons. The number of carbonyl (C=O) groups is 2.